The Morgan fingerprint density at radius 1 is 0.763 bits per heavy atom. The van der Waals surface area contributed by atoms with Gasteiger partial charge in [0.1, 0.15) is 0 Å². The molecule has 0 N–H and O–H groups in total. The predicted molar refractivity (Wildman–Crippen MR) is 155 cm³/mol. The van der Waals surface area contributed by atoms with E-state index >= 15 is 0 Å². The zero-order chi connectivity index (χ0) is 27.0. The van der Waals surface area contributed by atoms with E-state index < -0.39 is 23.2 Å². The molecular weight excluding hydrogens is 583 g/mol. The van der Waals surface area contributed by atoms with Crippen LogP contribution in [-0.4, -0.2) is 0 Å². The fourth-order valence-corrected chi connectivity index (χ4v) is 10.7. The molecule has 2 aromatic carbocycles. The van der Waals surface area contributed by atoms with Crippen LogP contribution >= 0.6 is 0 Å². The molecule has 2 aliphatic carbocycles. The molecular formula is C35H48Cl2Zr. The smallest absolute Gasteiger partial charge is 1.00 e. The van der Waals surface area contributed by atoms with E-state index in [2.05, 4.69) is 120 Å². The van der Waals surface area contributed by atoms with Crippen LogP contribution in [0, 0.1) is 31.1 Å². The maximum absolute atomic E-state index is 2.62. The molecule has 38 heavy (non-hydrogen) atoms. The van der Waals surface area contributed by atoms with E-state index in [1.807, 2.05) is 0 Å². The molecule has 0 amide bonds. The Morgan fingerprint density at radius 2 is 1.32 bits per heavy atom. The largest absolute Gasteiger partial charge is 1.00 e. The molecule has 0 aromatic heterocycles. The number of aryl methyl sites for hydroxylation is 1. The van der Waals surface area contributed by atoms with Crippen molar-refractivity contribution >= 4 is 3.27 Å². The summed E-state index contributed by atoms with van der Waals surface area (Å²) in [5.41, 5.74) is 14.4. The molecule has 1 atom stereocenters. The van der Waals surface area contributed by atoms with Crippen LogP contribution in [0.2, 0.25) is 0 Å². The second kappa shape index (κ2) is 11.3. The molecule has 0 heterocycles. The first-order chi connectivity index (χ1) is 16.4. The summed E-state index contributed by atoms with van der Waals surface area (Å²) in [7, 11) is 0. The number of benzene rings is 2. The van der Waals surface area contributed by atoms with Gasteiger partial charge in [0.05, 0.1) is 0 Å². The number of hydrogen-bond acceptors (Lipinski definition) is 0. The molecule has 0 saturated heterocycles. The summed E-state index contributed by atoms with van der Waals surface area (Å²) in [6, 6.07) is 7.61. The maximum atomic E-state index is 2.62. The van der Waals surface area contributed by atoms with Crippen LogP contribution in [0.5, 0.6) is 0 Å². The summed E-state index contributed by atoms with van der Waals surface area (Å²) in [6.45, 7) is 30.9. The fourth-order valence-electron chi connectivity index (χ4n) is 6.25. The molecule has 3 heteroatoms. The quantitative estimate of drug-likeness (QED) is 0.417. The third kappa shape index (κ3) is 6.32. The summed E-state index contributed by atoms with van der Waals surface area (Å²) >= 11 is -0.970. The van der Waals surface area contributed by atoms with Crippen molar-refractivity contribution in [3.05, 3.63) is 72.6 Å². The van der Waals surface area contributed by atoms with Gasteiger partial charge in [-0.1, -0.05) is 0 Å². The molecule has 0 nitrogen and oxygen atoms in total. The van der Waals surface area contributed by atoms with Crippen molar-refractivity contribution in [2.75, 3.05) is 0 Å². The molecule has 0 bridgehead atoms. The summed E-state index contributed by atoms with van der Waals surface area (Å²) in [4.78, 5) is 0. The standard InChI is InChI=1S/C23H29.C12H19.2ClH.Zr/c1-14-9-16-11-17-10-15(2)21(23(6,7)8)13-19(17)18(16)12-20(14)22(3,4)5;1-9(2)10-6-7-11(8-10)12(3,4)5;;;/h9,12-13H,11H2,1-8H3;7-10H,1-5H3;2*1H;/q;;;;+2/p-2. The Kier molecular flexibility index (Phi) is 10.0. The normalized spacial score (nSPS) is 16.7. The van der Waals surface area contributed by atoms with Gasteiger partial charge in [0.15, 0.2) is 0 Å². The van der Waals surface area contributed by atoms with Gasteiger partial charge in [-0.2, -0.15) is 0 Å². The van der Waals surface area contributed by atoms with Gasteiger partial charge in [-0.3, -0.25) is 0 Å². The second-order valence-corrected chi connectivity index (χ2v) is 18.1. The van der Waals surface area contributed by atoms with Gasteiger partial charge < -0.3 is 24.8 Å². The van der Waals surface area contributed by atoms with E-state index in [9.17, 15) is 0 Å². The summed E-state index contributed by atoms with van der Waals surface area (Å²) < 4.78 is 3.53. The van der Waals surface area contributed by atoms with Gasteiger partial charge in [0.25, 0.3) is 0 Å². The minimum Gasteiger partial charge on any atom is -1.00 e. The number of rotatable bonds is 3. The van der Waals surface area contributed by atoms with Crippen molar-refractivity contribution in [2.24, 2.45) is 17.3 Å². The average molecular weight is 631 g/mol. The number of halogens is 2. The first kappa shape index (κ1) is 33.6. The van der Waals surface area contributed by atoms with E-state index in [-0.39, 0.29) is 41.1 Å². The Morgan fingerprint density at radius 3 is 1.82 bits per heavy atom. The van der Waals surface area contributed by atoms with E-state index in [1.54, 1.807) is 28.8 Å². The van der Waals surface area contributed by atoms with Crippen molar-refractivity contribution in [1.29, 1.82) is 0 Å². The zero-order valence-electron chi connectivity index (χ0n) is 26.0. The van der Waals surface area contributed by atoms with E-state index in [4.69, 9.17) is 0 Å². The number of hydrogen-bond donors (Lipinski definition) is 0. The molecule has 0 spiro atoms. The van der Waals surface area contributed by atoms with Crippen molar-refractivity contribution < 1.29 is 48.0 Å². The third-order valence-corrected chi connectivity index (χ3v) is 12.5. The van der Waals surface area contributed by atoms with Crippen molar-refractivity contribution in [3.8, 4) is 11.1 Å². The van der Waals surface area contributed by atoms with Crippen LogP contribution < -0.4 is 28.1 Å². The molecule has 0 aliphatic heterocycles. The van der Waals surface area contributed by atoms with Crippen LogP contribution in [0.25, 0.3) is 11.1 Å². The Hall–Kier alpha value is -0.617. The van der Waals surface area contributed by atoms with Crippen LogP contribution in [0.3, 0.4) is 0 Å². The monoisotopic (exact) mass is 628 g/mol. The third-order valence-electron chi connectivity index (χ3n) is 8.30. The van der Waals surface area contributed by atoms with Gasteiger partial charge in [0, 0.05) is 0 Å². The molecule has 2 aromatic rings. The van der Waals surface area contributed by atoms with Crippen LogP contribution in [0.4, 0.5) is 0 Å². The molecule has 2 aliphatic rings. The molecule has 4 rings (SSSR count). The van der Waals surface area contributed by atoms with Gasteiger partial charge in [0.2, 0.25) is 0 Å². The minimum atomic E-state index is -0.970. The molecule has 1 unspecified atom stereocenters. The predicted octanol–water partition coefficient (Wildman–Crippen LogP) is 3.33. The van der Waals surface area contributed by atoms with Gasteiger partial charge in [-0.05, 0) is 0 Å². The second-order valence-electron chi connectivity index (χ2n) is 14.8. The van der Waals surface area contributed by atoms with Crippen LogP contribution in [0.1, 0.15) is 110 Å². The Bertz CT molecular complexity index is 1270. The first-order valence-corrected chi connectivity index (χ1v) is 16.4. The Balaban J connectivity index is 0.00000253. The van der Waals surface area contributed by atoms with E-state index in [1.165, 1.54) is 27.8 Å². The van der Waals surface area contributed by atoms with Crippen molar-refractivity contribution in [3.63, 3.8) is 0 Å². The van der Waals surface area contributed by atoms with E-state index in [0.717, 1.165) is 6.42 Å². The number of fused-ring (bicyclic) bond motifs is 3. The van der Waals surface area contributed by atoms with Gasteiger partial charge in [-0.15, -0.1) is 0 Å². The Labute approximate surface area is 257 Å². The first-order valence-electron chi connectivity index (χ1n) is 13.9. The molecule has 0 saturated carbocycles. The zero-order valence-corrected chi connectivity index (χ0v) is 30.0. The minimum absolute atomic E-state index is 0. The number of allylic oxidation sites excluding steroid dienone is 4. The van der Waals surface area contributed by atoms with Crippen LogP contribution in [-0.2, 0) is 40.5 Å². The fraction of sp³-hybridized carbons (Fsp3) is 0.543. The molecule has 206 valence electrons. The summed E-state index contributed by atoms with van der Waals surface area (Å²) in [6.07, 6.45) is 6.34. The van der Waals surface area contributed by atoms with Gasteiger partial charge >= 0.3 is 235 Å². The SMILES string of the molecule is Cc1cc2c(cc1C(C)(C)C)-c1cc(C(C)(C)C)c(C)[c]([Zr+2][C]3=CC(C(C)(C)C)=CC3C(C)C)c1C2.[Cl-].[Cl-]. The average Bonchev–Trinajstić information content (AvgIpc) is 3.28. The summed E-state index contributed by atoms with van der Waals surface area (Å²) in [5.74, 6) is 1.27. The topological polar surface area (TPSA) is 0 Å². The maximum Gasteiger partial charge on any atom is -1.00 e. The van der Waals surface area contributed by atoms with Gasteiger partial charge in [-0.25, -0.2) is 0 Å². The summed E-state index contributed by atoms with van der Waals surface area (Å²) in [5, 5.41) is 0. The molecule has 0 radical (unpaired) electrons. The van der Waals surface area contributed by atoms with E-state index in [0.29, 0.717) is 11.8 Å². The van der Waals surface area contributed by atoms with Crippen LogP contribution in [0.15, 0.2) is 39.2 Å². The molecule has 0 fully saturated rings. The van der Waals surface area contributed by atoms with Crippen molar-refractivity contribution in [1.82, 2.24) is 0 Å². The van der Waals surface area contributed by atoms with Crippen molar-refractivity contribution in [2.45, 2.75) is 107 Å².